The van der Waals surface area contributed by atoms with E-state index in [2.05, 4.69) is 0 Å². The molecule has 0 unspecified atom stereocenters. The summed E-state index contributed by atoms with van der Waals surface area (Å²) in [5.41, 5.74) is 5.07. The van der Waals surface area contributed by atoms with Gasteiger partial charge in [0.25, 0.3) is 0 Å². The maximum atomic E-state index is 12.3. The molecule has 4 aromatic carbocycles. The molecule has 4 heteroatoms. The first-order valence-electron chi connectivity index (χ1n) is 10.5. The largest absolute Gasteiger partial charge is 0.289 e. The molecule has 33 heavy (non-hydrogen) atoms. The van der Waals surface area contributed by atoms with Crippen LogP contribution in [-0.2, 0) is 0 Å². The van der Waals surface area contributed by atoms with Crippen molar-refractivity contribution in [2.45, 2.75) is 6.92 Å². The van der Waals surface area contributed by atoms with Crippen LogP contribution in [0.1, 0.15) is 69.2 Å². The zero-order valence-corrected chi connectivity index (χ0v) is 17.8. The smallest absolute Gasteiger partial charge is 0.194 e. The lowest BCUT2D eigenvalue weighted by atomic mass is 9.83. The van der Waals surface area contributed by atoms with E-state index >= 15 is 0 Å². The summed E-state index contributed by atoms with van der Waals surface area (Å²) >= 11 is 0. The molecule has 2 aliphatic carbocycles. The van der Waals surface area contributed by atoms with E-state index in [1.165, 1.54) is 0 Å². The SMILES string of the molecule is Cc1ccc2c(c1)C(=O)c1ccccc1C2=O.O=C1c2ccccc2C(=O)c2ccccc21. The predicted molar refractivity (Wildman–Crippen MR) is 124 cm³/mol. The second kappa shape index (κ2) is 7.92. The Hall–Kier alpha value is -4.44. The quantitative estimate of drug-likeness (QED) is 0.331. The highest BCUT2D eigenvalue weighted by Gasteiger charge is 2.29. The first-order chi connectivity index (χ1) is 16.0. The Morgan fingerprint density at radius 3 is 0.970 bits per heavy atom. The van der Waals surface area contributed by atoms with Crippen LogP contribution in [-0.4, -0.2) is 23.1 Å². The summed E-state index contributed by atoms with van der Waals surface area (Å²) in [5.74, 6) is -0.245. The number of aryl methyl sites for hydroxylation is 1. The van der Waals surface area contributed by atoms with Gasteiger partial charge in [-0.1, -0.05) is 90.5 Å². The van der Waals surface area contributed by atoms with Gasteiger partial charge in [0.1, 0.15) is 0 Å². The Bertz CT molecular complexity index is 1390. The fourth-order valence-electron chi connectivity index (χ4n) is 4.26. The molecular formula is C29H18O4. The Morgan fingerprint density at radius 1 is 0.364 bits per heavy atom. The van der Waals surface area contributed by atoms with Crippen molar-refractivity contribution in [3.8, 4) is 0 Å². The van der Waals surface area contributed by atoms with Crippen LogP contribution in [0.2, 0.25) is 0 Å². The van der Waals surface area contributed by atoms with E-state index < -0.39 is 0 Å². The van der Waals surface area contributed by atoms with Gasteiger partial charge in [0.2, 0.25) is 0 Å². The van der Waals surface area contributed by atoms with Crippen molar-refractivity contribution in [3.63, 3.8) is 0 Å². The topological polar surface area (TPSA) is 68.3 Å². The molecule has 0 spiro atoms. The van der Waals surface area contributed by atoms with E-state index in [9.17, 15) is 19.2 Å². The summed E-state index contributed by atoms with van der Waals surface area (Å²) in [6, 6.07) is 26.3. The predicted octanol–water partition coefficient (Wildman–Crippen LogP) is 5.23. The molecular weight excluding hydrogens is 412 g/mol. The van der Waals surface area contributed by atoms with Crippen molar-refractivity contribution < 1.29 is 19.2 Å². The van der Waals surface area contributed by atoms with E-state index in [1.54, 1.807) is 84.9 Å². The number of benzene rings is 4. The number of hydrogen-bond acceptors (Lipinski definition) is 4. The maximum Gasteiger partial charge on any atom is 0.194 e. The van der Waals surface area contributed by atoms with Crippen molar-refractivity contribution in [3.05, 3.63) is 141 Å². The second-order valence-corrected chi connectivity index (χ2v) is 8.00. The van der Waals surface area contributed by atoms with Gasteiger partial charge < -0.3 is 0 Å². The second-order valence-electron chi connectivity index (χ2n) is 8.00. The van der Waals surface area contributed by atoms with E-state index in [1.807, 2.05) is 13.0 Å². The zero-order valence-electron chi connectivity index (χ0n) is 17.8. The van der Waals surface area contributed by atoms with Crippen LogP contribution in [0.5, 0.6) is 0 Å². The Morgan fingerprint density at radius 2 is 0.636 bits per heavy atom. The van der Waals surface area contributed by atoms with Gasteiger partial charge in [-0.2, -0.15) is 0 Å². The number of ketones is 4. The average Bonchev–Trinajstić information content (AvgIpc) is 2.86. The standard InChI is InChI=1S/C15H10O2.C14H8O2/c1-9-6-7-12-13(8-9)15(17)11-5-3-2-4-10(11)14(12)16;15-13-9-5-1-2-6-10(9)14(16)12-8-4-3-7-11(12)13/h2-8H,1H3;1-8H. The van der Waals surface area contributed by atoms with Gasteiger partial charge in [0, 0.05) is 44.5 Å². The van der Waals surface area contributed by atoms with E-state index in [0.29, 0.717) is 44.5 Å². The summed E-state index contributed by atoms with van der Waals surface area (Å²) in [5, 5.41) is 0. The van der Waals surface area contributed by atoms with Crippen LogP contribution >= 0.6 is 0 Å². The van der Waals surface area contributed by atoms with Crippen molar-refractivity contribution in [1.82, 2.24) is 0 Å². The molecule has 4 nitrogen and oxygen atoms in total. The summed E-state index contributed by atoms with van der Waals surface area (Å²) in [6.07, 6.45) is 0. The van der Waals surface area contributed by atoms with Gasteiger partial charge in [0.15, 0.2) is 23.1 Å². The van der Waals surface area contributed by atoms with Gasteiger partial charge >= 0.3 is 0 Å². The first kappa shape index (κ1) is 20.5. The van der Waals surface area contributed by atoms with Gasteiger partial charge in [-0.05, 0) is 13.0 Å². The lowest BCUT2D eigenvalue weighted by Gasteiger charge is -2.17. The molecule has 0 aromatic heterocycles. The fourth-order valence-corrected chi connectivity index (χ4v) is 4.26. The molecule has 0 heterocycles. The van der Waals surface area contributed by atoms with E-state index in [4.69, 9.17) is 0 Å². The molecule has 4 aromatic rings. The normalized spacial score (nSPS) is 13.2. The number of hydrogen-bond donors (Lipinski definition) is 0. The molecule has 158 valence electrons. The summed E-state index contributed by atoms with van der Waals surface area (Å²) in [4.78, 5) is 48.7. The number of carbonyl (C=O) groups is 4. The first-order valence-corrected chi connectivity index (χ1v) is 10.5. The minimum Gasteiger partial charge on any atom is -0.289 e. The van der Waals surface area contributed by atoms with Crippen LogP contribution in [0.4, 0.5) is 0 Å². The average molecular weight is 430 g/mol. The third-order valence-electron chi connectivity index (χ3n) is 5.91. The molecule has 6 rings (SSSR count). The van der Waals surface area contributed by atoms with E-state index in [0.717, 1.165) is 5.56 Å². The summed E-state index contributed by atoms with van der Waals surface area (Å²) < 4.78 is 0. The molecule has 0 saturated carbocycles. The Balaban J connectivity index is 0.000000139. The third-order valence-corrected chi connectivity index (χ3v) is 5.91. The lowest BCUT2D eigenvalue weighted by molar-refractivity contribution is 0.0979. The van der Waals surface area contributed by atoms with Crippen LogP contribution in [0.3, 0.4) is 0 Å². The highest BCUT2D eigenvalue weighted by Crippen LogP contribution is 2.28. The highest BCUT2D eigenvalue weighted by atomic mass is 16.1. The summed E-state index contributed by atoms with van der Waals surface area (Å²) in [6.45, 7) is 1.92. The van der Waals surface area contributed by atoms with Crippen LogP contribution in [0.15, 0.2) is 91.0 Å². The van der Waals surface area contributed by atoms with Crippen molar-refractivity contribution in [1.29, 1.82) is 0 Å². The van der Waals surface area contributed by atoms with Crippen molar-refractivity contribution >= 4 is 23.1 Å². The Kier molecular flexibility index (Phi) is 4.91. The molecule has 0 radical (unpaired) electrons. The molecule has 0 bridgehead atoms. The van der Waals surface area contributed by atoms with Crippen LogP contribution in [0, 0.1) is 6.92 Å². The number of carbonyl (C=O) groups excluding carboxylic acids is 4. The van der Waals surface area contributed by atoms with Crippen LogP contribution in [0.25, 0.3) is 0 Å². The molecule has 0 atom stereocenters. The fraction of sp³-hybridized carbons (Fsp3) is 0.0345. The molecule has 0 N–H and O–H groups in total. The number of rotatable bonds is 0. The highest BCUT2D eigenvalue weighted by molar-refractivity contribution is 6.29. The number of fused-ring (bicyclic) bond motifs is 4. The molecule has 0 saturated heterocycles. The van der Waals surface area contributed by atoms with Gasteiger partial charge in [-0.25, -0.2) is 0 Å². The molecule has 0 aliphatic heterocycles. The van der Waals surface area contributed by atoms with Crippen molar-refractivity contribution in [2.75, 3.05) is 0 Å². The maximum absolute atomic E-state index is 12.3. The lowest BCUT2D eigenvalue weighted by Crippen LogP contribution is -2.20. The third kappa shape index (κ3) is 3.33. The minimum absolute atomic E-state index is 0.0566. The van der Waals surface area contributed by atoms with Crippen molar-refractivity contribution in [2.24, 2.45) is 0 Å². The molecule has 0 fully saturated rings. The zero-order chi connectivity index (χ0) is 23.1. The monoisotopic (exact) mass is 430 g/mol. The van der Waals surface area contributed by atoms with Gasteiger partial charge in [0.05, 0.1) is 0 Å². The van der Waals surface area contributed by atoms with Gasteiger partial charge in [-0.15, -0.1) is 0 Å². The van der Waals surface area contributed by atoms with E-state index in [-0.39, 0.29) is 23.1 Å². The minimum atomic E-state index is -0.0641. The molecule has 0 amide bonds. The Labute approximate surface area is 190 Å². The van der Waals surface area contributed by atoms with Gasteiger partial charge in [-0.3, -0.25) is 19.2 Å². The van der Waals surface area contributed by atoms with Crippen LogP contribution < -0.4 is 0 Å². The summed E-state index contributed by atoms with van der Waals surface area (Å²) in [7, 11) is 0. The molecule has 2 aliphatic rings.